The molecule has 1 aliphatic heterocycles. The lowest BCUT2D eigenvalue weighted by Crippen LogP contribution is -3.13. The van der Waals surface area contributed by atoms with E-state index in [0.29, 0.717) is 5.56 Å². The van der Waals surface area contributed by atoms with E-state index in [0.717, 1.165) is 60.9 Å². The first-order chi connectivity index (χ1) is 13.3. The highest BCUT2D eigenvalue weighted by Crippen LogP contribution is 2.23. The third-order valence-corrected chi connectivity index (χ3v) is 5.13. The van der Waals surface area contributed by atoms with Crippen molar-refractivity contribution in [3.63, 3.8) is 0 Å². The van der Waals surface area contributed by atoms with Crippen LogP contribution in [-0.2, 0) is 6.54 Å². The fraction of sp³-hybridized carbons (Fsp3) is 0.286. The van der Waals surface area contributed by atoms with Crippen LogP contribution in [0.1, 0.15) is 11.3 Å². The van der Waals surface area contributed by atoms with Gasteiger partial charge in [-0.15, -0.1) is 0 Å². The second-order valence-electron chi connectivity index (χ2n) is 6.83. The number of methoxy groups -OCH3 is 1. The summed E-state index contributed by atoms with van der Waals surface area (Å²) in [7, 11) is 1.65. The molecule has 0 saturated carbocycles. The summed E-state index contributed by atoms with van der Waals surface area (Å²) in [6, 6.07) is 16.2. The van der Waals surface area contributed by atoms with E-state index in [4.69, 9.17) is 4.74 Å². The van der Waals surface area contributed by atoms with Gasteiger partial charge in [-0.05, 0) is 36.4 Å². The van der Waals surface area contributed by atoms with E-state index < -0.39 is 0 Å². The number of nitriles is 1. The fourth-order valence-corrected chi connectivity index (χ4v) is 3.64. The molecule has 0 aliphatic carbocycles. The first-order valence-electron chi connectivity index (χ1n) is 9.19. The van der Waals surface area contributed by atoms with Gasteiger partial charge in [-0.3, -0.25) is 4.98 Å². The molecular weight excluding hydrogens is 338 g/mol. The SMILES string of the molecule is COc1ccc2[nH+]c(N3CC[NH+](Cc4ccccn4)CC3)c(C#N)cc2c1. The molecule has 6 heteroatoms. The van der Waals surface area contributed by atoms with E-state index in [-0.39, 0.29) is 0 Å². The molecule has 0 bridgehead atoms. The van der Waals surface area contributed by atoms with E-state index >= 15 is 0 Å². The Kier molecular flexibility index (Phi) is 4.86. The minimum atomic E-state index is 0.670. The maximum Gasteiger partial charge on any atom is 0.293 e. The second kappa shape index (κ2) is 7.60. The molecule has 1 saturated heterocycles. The molecule has 0 spiro atoms. The molecule has 27 heavy (non-hydrogen) atoms. The number of fused-ring (bicyclic) bond motifs is 1. The van der Waals surface area contributed by atoms with Crippen molar-refractivity contribution < 1.29 is 14.6 Å². The zero-order valence-corrected chi connectivity index (χ0v) is 15.4. The number of aromatic amines is 1. The quantitative estimate of drug-likeness (QED) is 0.748. The van der Waals surface area contributed by atoms with E-state index in [9.17, 15) is 5.26 Å². The van der Waals surface area contributed by atoms with Crippen LogP contribution in [0.25, 0.3) is 10.9 Å². The summed E-state index contributed by atoms with van der Waals surface area (Å²) in [6.07, 6.45) is 1.85. The Labute approximate surface area is 158 Å². The summed E-state index contributed by atoms with van der Waals surface area (Å²) in [5.74, 6) is 1.70. The zero-order valence-electron chi connectivity index (χ0n) is 15.4. The third-order valence-electron chi connectivity index (χ3n) is 5.13. The number of pyridine rings is 2. The monoisotopic (exact) mass is 361 g/mol. The molecule has 3 aromatic rings. The molecule has 2 N–H and O–H groups in total. The summed E-state index contributed by atoms with van der Waals surface area (Å²) >= 11 is 0. The highest BCUT2D eigenvalue weighted by Gasteiger charge is 2.29. The number of quaternary nitrogens is 1. The number of hydrogen-bond acceptors (Lipinski definition) is 4. The Hall–Kier alpha value is -3.17. The largest absolute Gasteiger partial charge is 0.497 e. The predicted molar refractivity (Wildman–Crippen MR) is 103 cm³/mol. The van der Waals surface area contributed by atoms with Crippen molar-refractivity contribution in [1.29, 1.82) is 5.26 Å². The van der Waals surface area contributed by atoms with Crippen molar-refractivity contribution in [2.75, 3.05) is 38.2 Å². The topological polar surface area (TPSA) is 67.7 Å². The number of ether oxygens (including phenoxy) is 1. The molecule has 0 amide bonds. The van der Waals surface area contributed by atoms with Gasteiger partial charge in [0.25, 0.3) is 5.82 Å². The number of H-pyrrole nitrogens is 1. The summed E-state index contributed by atoms with van der Waals surface area (Å²) in [6.45, 7) is 4.82. The Morgan fingerprint density at radius 1 is 1.22 bits per heavy atom. The fourth-order valence-electron chi connectivity index (χ4n) is 3.64. The average molecular weight is 361 g/mol. The van der Waals surface area contributed by atoms with Gasteiger partial charge < -0.3 is 9.64 Å². The summed E-state index contributed by atoms with van der Waals surface area (Å²) in [4.78, 5) is 11.7. The number of piperazine rings is 1. The minimum absolute atomic E-state index is 0.670. The van der Waals surface area contributed by atoms with Crippen molar-refractivity contribution in [3.05, 3.63) is 59.9 Å². The predicted octanol–water partition coefficient (Wildman–Crippen LogP) is 0.834. The molecule has 2 aromatic heterocycles. The maximum atomic E-state index is 9.64. The van der Waals surface area contributed by atoms with Gasteiger partial charge in [-0.25, -0.2) is 9.88 Å². The van der Waals surface area contributed by atoms with Gasteiger partial charge in [0.05, 0.1) is 12.8 Å². The first-order valence-corrected chi connectivity index (χ1v) is 9.19. The molecule has 0 radical (unpaired) electrons. The van der Waals surface area contributed by atoms with Crippen molar-refractivity contribution in [3.8, 4) is 11.8 Å². The van der Waals surface area contributed by atoms with E-state index in [2.05, 4.69) is 27.0 Å². The number of hydrogen-bond donors (Lipinski definition) is 1. The molecule has 1 aliphatic rings. The lowest BCUT2D eigenvalue weighted by atomic mass is 10.1. The van der Waals surface area contributed by atoms with Crippen molar-refractivity contribution in [1.82, 2.24) is 4.98 Å². The number of benzene rings is 1. The van der Waals surface area contributed by atoms with Crippen LogP contribution in [0.15, 0.2) is 48.7 Å². The minimum Gasteiger partial charge on any atom is -0.497 e. The lowest BCUT2D eigenvalue weighted by molar-refractivity contribution is -0.914. The molecule has 0 atom stereocenters. The van der Waals surface area contributed by atoms with Crippen LogP contribution in [0.3, 0.4) is 0 Å². The Morgan fingerprint density at radius 2 is 2.07 bits per heavy atom. The van der Waals surface area contributed by atoms with Gasteiger partial charge in [-0.2, -0.15) is 5.26 Å². The second-order valence-corrected chi connectivity index (χ2v) is 6.83. The van der Waals surface area contributed by atoms with Crippen molar-refractivity contribution >= 4 is 16.7 Å². The van der Waals surface area contributed by atoms with Gasteiger partial charge >= 0.3 is 0 Å². The molecule has 6 nitrogen and oxygen atoms in total. The Morgan fingerprint density at radius 3 is 2.78 bits per heavy atom. The summed E-state index contributed by atoms with van der Waals surface area (Å²) in [5.41, 5.74) is 2.81. The van der Waals surface area contributed by atoms with E-state index in [1.807, 2.05) is 42.6 Å². The third kappa shape index (κ3) is 3.69. The number of aromatic nitrogens is 2. The highest BCUT2D eigenvalue weighted by molar-refractivity contribution is 5.80. The number of nitrogens with zero attached hydrogens (tertiary/aromatic N) is 3. The summed E-state index contributed by atoms with van der Waals surface area (Å²) in [5, 5.41) is 10.6. The summed E-state index contributed by atoms with van der Waals surface area (Å²) < 4.78 is 5.29. The number of rotatable bonds is 4. The van der Waals surface area contributed by atoms with Crippen LogP contribution in [0.5, 0.6) is 5.75 Å². The van der Waals surface area contributed by atoms with Crippen LogP contribution < -0.4 is 19.5 Å². The zero-order chi connectivity index (χ0) is 18.6. The van der Waals surface area contributed by atoms with Crippen molar-refractivity contribution in [2.24, 2.45) is 0 Å². The van der Waals surface area contributed by atoms with E-state index in [1.165, 1.54) is 4.90 Å². The lowest BCUT2D eigenvalue weighted by Gasteiger charge is -2.28. The van der Waals surface area contributed by atoms with Gasteiger partial charge in [-0.1, -0.05) is 6.07 Å². The van der Waals surface area contributed by atoms with Crippen molar-refractivity contribution in [2.45, 2.75) is 6.54 Å². The molecule has 4 rings (SSSR count). The van der Waals surface area contributed by atoms with Gasteiger partial charge in [0.15, 0.2) is 0 Å². The number of nitrogens with one attached hydrogen (secondary N) is 2. The highest BCUT2D eigenvalue weighted by atomic mass is 16.5. The van der Waals surface area contributed by atoms with Crippen LogP contribution in [-0.4, -0.2) is 38.3 Å². The van der Waals surface area contributed by atoms with Crippen LogP contribution >= 0.6 is 0 Å². The molecule has 136 valence electrons. The molecule has 3 heterocycles. The Balaban J connectivity index is 1.52. The molecular formula is C21H23N5O+2. The number of anilines is 1. The van der Waals surface area contributed by atoms with Crippen LogP contribution in [0.4, 0.5) is 5.82 Å². The average Bonchev–Trinajstić information content (AvgIpc) is 2.73. The van der Waals surface area contributed by atoms with Crippen LogP contribution in [0.2, 0.25) is 0 Å². The standard InChI is InChI=1S/C21H21N5O/c1-27-19-5-6-20-16(13-19)12-17(14-22)21(24-20)26-10-8-25(9-11-26)15-18-4-2-3-7-23-18/h2-7,12-13H,8-11,15H2,1H3/p+2. The van der Waals surface area contributed by atoms with Crippen LogP contribution in [0, 0.1) is 11.3 Å². The van der Waals surface area contributed by atoms with Gasteiger partial charge in [0.1, 0.15) is 55.6 Å². The smallest absolute Gasteiger partial charge is 0.293 e. The van der Waals surface area contributed by atoms with Gasteiger partial charge in [0.2, 0.25) is 0 Å². The molecule has 1 aromatic carbocycles. The first kappa shape index (κ1) is 17.3. The van der Waals surface area contributed by atoms with E-state index in [1.54, 1.807) is 7.11 Å². The van der Waals surface area contributed by atoms with Gasteiger partial charge in [0, 0.05) is 11.6 Å². The maximum absolute atomic E-state index is 9.64. The Bertz CT molecular complexity index is 975. The normalized spacial score (nSPS) is 14.9. The molecule has 0 unspecified atom stereocenters. The molecule has 1 fully saturated rings.